The fourth-order valence-electron chi connectivity index (χ4n) is 4.87. The van der Waals surface area contributed by atoms with Crippen molar-refractivity contribution in [2.75, 3.05) is 5.73 Å². The third kappa shape index (κ3) is 4.03. The molecule has 4 N–H and O–H groups in total. The Morgan fingerprint density at radius 3 is 2.64 bits per heavy atom. The van der Waals surface area contributed by atoms with Crippen molar-refractivity contribution in [2.45, 2.75) is 38.0 Å². The smallest absolute Gasteiger partial charge is 0.270 e. The Balaban J connectivity index is 1.22. The molecule has 0 saturated heterocycles. The first-order valence-corrected chi connectivity index (χ1v) is 12.0. The van der Waals surface area contributed by atoms with Gasteiger partial charge < -0.3 is 16.2 Å². The van der Waals surface area contributed by atoms with Gasteiger partial charge in [-0.2, -0.15) is 5.10 Å². The zero-order valence-electron chi connectivity index (χ0n) is 19.5. The number of rotatable bonds is 5. The highest BCUT2D eigenvalue weighted by atomic mass is 16.3. The van der Waals surface area contributed by atoms with Gasteiger partial charge in [-0.1, -0.05) is 48.5 Å². The Kier molecular flexibility index (Phi) is 5.54. The summed E-state index contributed by atoms with van der Waals surface area (Å²) in [6.07, 6.45) is 5.07. The molecule has 6 rings (SSSR count). The summed E-state index contributed by atoms with van der Waals surface area (Å²) in [7, 11) is 0. The lowest BCUT2D eigenvalue weighted by Gasteiger charge is -2.10. The van der Waals surface area contributed by atoms with E-state index in [4.69, 9.17) is 10.8 Å². The number of carbonyl (C=O) groups excluding carboxylic acids is 1. The zero-order valence-corrected chi connectivity index (χ0v) is 19.5. The van der Waals surface area contributed by atoms with Crippen LogP contribution in [-0.4, -0.2) is 41.9 Å². The molecule has 0 bridgehead atoms. The van der Waals surface area contributed by atoms with Crippen molar-refractivity contribution in [3.05, 3.63) is 78.4 Å². The van der Waals surface area contributed by atoms with Gasteiger partial charge in [0.15, 0.2) is 5.65 Å². The minimum Gasteiger partial charge on any atom is -0.393 e. The van der Waals surface area contributed by atoms with Crippen LogP contribution in [0.1, 0.15) is 41.4 Å². The van der Waals surface area contributed by atoms with Crippen molar-refractivity contribution in [1.29, 1.82) is 0 Å². The second kappa shape index (κ2) is 9.01. The number of aromatic nitrogens is 5. The number of anilines is 1. The third-order valence-corrected chi connectivity index (χ3v) is 6.79. The Labute approximate surface area is 207 Å². The summed E-state index contributed by atoms with van der Waals surface area (Å²) in [5, 5.41) is 20.5. The number of hydrogen-bond acceptors (Lipinski definition) is 7. The number of nitrogens with zero attached hydrogens (tertiary/aromatic N) is 5. The molecular formula is C27H25N7O2. The standard InChI is InChI=1S/C27H25N7O2/c28-25-23-24(33-34(26(23)32-15-31-25)20-9-10-21(35)12-20)17-7-5-16(6-8-17)13-30-27(36)22-11-18-3-1-2-4-19(18)14-29-22/h1-8,11,14-15,20-21,35H,9-10,12-13H2,(H,30,36)(H2,28,31,32). The Hall–Kier alpha value is -4.37. The topological polar surface area (TPSA) is 132 Å². The Morgan fingerprint density at radius 2 is 1.86 bits per heavy atom. The van der Waals surface area contributed by atoms with E-state index in [2.05, 4.69) is 20.3 Å². The van der Waals surface area contributed by atoms with E-state index in [-0.39, 0.29) is 18.1 Å². The van der Waals surface area contributed by atoms with Gasteiger partial charge in [-0.15, -0.1) is 0 Å². The van der Waals surface area contributed by atoms with Gasteiger partial charge in [-0.05, 0) is 36.3 Å². The van der Waals surface area contributed by atoms with Crippen LogP contribution in [0.2, 0.25) is 0 Å². The van der Waals surface area contributed by atoms with Crippen LogP contribution in [0.3, 0.4) is 0 Å². The van der Waals surface area contributed by atoms with E-state index in [9.17, 15) is 9.90 Å². The summed E-state index contributed by atoms with van der Waals surface area (Å²) < 4.78 is 1.88. The van der Waals surface area contributed by atoms with Gasteiger partial charge in [0.2, 0.25) is 0 Å². The fourth-order valence-corrected chi connectivity index (χ4v) is 4.87. The van der Waals surface area contributed by atoms with Gasteiger partial charge >= 0.3 is 0 Å². The van der Waals surface area contributed by atoms with Crippen molar-refractivity contribution < 1.29 is 9.90 Å². The molecule has 1 aliphatic carbocycles. The number of carbonyl (C=O) groups is 1. The molecule has 1 fully saturated rings. The van der Waals surface area contributed by atoms with Gasteiger partial charge in [-0.3, -0.25) is 9.78 Å². The minimum absolute atomic E-state index is 0.0729. The summed E-state index contributed by atoms with van der Waals surface area (Å²) in [5.74, 6) is 0.150. The highest BCUT2D eigenvalue weighted by Gasteiger charge is 2.28. The third-order valence-electron chi connectivity index (χ3n) is 6.79. The lowest BCUT2D eigenvalue weighted by molar-refractivity contribution is 0.0946. The van der Waals surface area contributed by atoms with Gasteiger partial charge in [0.25, 0.3) is 5.91 Å². The number of aliphatic hydroxyl groups excluding tert-OH is 1. The molecule has 180 valence electrons. The maximum atomic E-state index is 12.7. The summed E-state index contributed by atoms with van der Waals surface area (Å²) in [4.78, 5) is 25.6. The molecular weight excluding hydrogens is 454 g/mol. The monoisotopic (exact) mass is 479 g/mol. The summed E-state index contributed by atoms with van der Waals surface area (Å²) in [6, 6.07) is 17.5. The molecule has 0 spiro atoms. The predicted octanol–water partition coefficient (Wildman–Crippen LogP) is 3.64. The largest absolute Gasteiger partial charge is 0.393 e. The van der Waals surface area contributed by atoms with E-state index in [0.29, 0.717) is 41.2 Å². The fraction of sp³-hybridized carbons (Fsp3) is 0.222. The average molecular weight is 480 g/mol. The molecule has 36 heavy (non-hydrogen) atoms. The van der Waals surface area contributed by atoms with Crippen LogP contribution in [0, 0.1) is 0 Å². The normalized spacial score (nSPS) is 17.6. The van der Waals surface area contributed by atoms with E-state index in [1.54, 1.807) is 12.3 Å². The number of hydrogen-bond donors (Lipinski definition) is 3. The molecule has 1 saturated carbocycles. The van der Waals surface area contributed by atoms with Crippen LogP contribution in [0.5, 0.6) is 0 Å². The number of amides is 1. The summed E-state index contributed by atoms with van der Waals surface area (Å²) >= 11 is 0. The van der Waals surface area contributed by atoms with Crippen molar-refractivity contribution >= 4 is 33.5 Å². The predicted molar refractivity (Wildman–Crippen MR) is 137 cm³/mol. The van der Waals surface area contributed by atoms with Crippen LogP contribution in [0.25, 0.3) is 33.1 Å². The molecule has 9 heteroatoms. The number of benzene rings is 2. The van der Waals surface area contributed by atoms with Gasteiger partial charge in [0.05, 0.1) is 17.5 Å². The van der Waals surface area contributed by atoms with Gasteiger partial charge in [-0.25, -0.2) is 14.6 Å². The van der Waals surface area contributed by atoms with E-state index >= 15 is 0 Å². The molecule has 2 aromatic carbocycles. The van der Waals surface area contributed by atoms with E-state index in [0.717, 1.165) is 34.7 Å². The second-order valence-corrected chi connectivity index (χ2v) is 9.17. The molecule has 3 aromatic heterocycles. The zero-order chi connectivity index (χ0) is 24.6. The van der Waals surface area contributed by atoms with Gasteiger partial charge in [0.1, 0.15) is 23.5 Å². The average Bonchev–Trinajstić information content (AvgIpc) is 3.51. The Bertz CT molecular complexity index is 1580. The number of aliphatic hydroxyl groups is 1. The molecule has 2 unspecified atom stereocenters. The van der Waals surface area contributed by atoms with Crippen LogP contribution in [-0.2, 0) is 6.54 Å². The second-order valence-electron chi connectivity index (χ2n) is 9.17. The van der Waals surface area contributed by atoms with Crippen molar-refractivity contribution in [3.8, 4) is 11.3 Å². The first kappa shape index (κ1) is 22.1. The Morgan fingerprint density at radius 1 is 1.06 bits per heavy atom. The summed E-state index contributed by atoms with van der Waals surface area (Å²) in [5.41, 5.74) is 9.82. The first-order valence-electron chi connectivity index (χ1n) is 12.0. The maximum Gasteiger partial charge on any atom is 0.270 e. The number of nitrogen functional groups attached to an aromatic ring is 1. The highest BCUT2D eigenvalue weighted by molar-refractivity contribution is 5.98. The minimum atomic E-state index is -0.323. The molecule has 2 atom stereocenters. The molecule has 1 amide bonds. The van der Waals surface area contributed by atoms with E-state index < -0.39 is 0 Å². The molecule has 3 heterocycles. The quantitative estimate of drug-likeness (QED) is 0.351. The van der Waals surface area contributed by atoms with Crippen molar-refractivity contribution in [2.24, 2.45) is 0 Å². The number of nitrogens with two attached hydrogens (primary N) is 1. The number of nitrogens with one attached hydrogen (secondary N) is 1. The van der Waals surface area contributed by atoms with Crippen LogP contribution < -0.4 is 11.1 Å². The van der Waals surface area contributed by atoms with E-state index in [1.165, 1.54) is 6.33 Å². The van der Waals surface area contributed by atoms with Crippen molar-refractivity contribution in [1.82, 2.24) is 30.0 Å². The molecule has 0 aliphatic heterocycles. The SMILES string of the molecule is Nc1ncnc2c1c(-c1ccc(CNC(=O)c3cc4ccccc4cn3)cc1)nn2C1CCC(O)C1. The van der Waals surface area contributed by atoms with Crippen LogP contribution >= 0.6 is 0 Å². The van der Waals surface area contributed by atoms with E-state index in [1.807, 2.05) is 53.2 Å². The molecule has 0 radical (unpaired) electrons. The van der Waals surface area contributed by atoms with Gasteiger partial charge in [0, 0.05) is 23.7 Å². The maximum absolute atomic E-state index is 12.7. The lowest BCUT2D eigenvalue weighted by atomic mass is 10.1. The number of fused-ring (bicyclic) bond motifs is 2. The number of pyridine rings is 1. The first-order chi connectivity index (χ1) is 17.6. The molecule has 5 aromatic rings. The van der Waals surface area contributed by atoms with Crippen LogP contribution in [0.15, 0.2) is 67.1 Å². The lowest BCUT2D eigenvalue weighted by Crippen LogP contribution is -2.23. The highest BCUT2D eigenvalue weighted by Crippen LogP contribution is 2.36. The summed E-state index contributed by atoms with van der Waals surface area (Å²) in [6.45, 7) is 0.369. The molecule has 9 nitrogen and oxygen atoms in total. The van der Waals surface area contributed by atoms with Crippen molar-refractivity contribution in [3.63, 3.8) is 0 Å². The van der Waals surface area contributed by atoms with Crippen LogP contribution in [0.4, 0.5) is 5.82 Å². The molecule has 1 aliphatic rings.